The van der Waals surface area contributed by atoms with Crippen molar-refractivity contribution < 1.29 is 19.1 Å². The van der Waals surface area contributed by atoms with Crippen molar-refractivity contribution in [1.82, 2.24) is 0 Å². The fourth-order valence-corrected chi connectivity index (χ4v) is 2.28. The van der Waals surface area contributed by atoms with Crippen LogP contribution in [0.1, 0.15) is 61.3 Å². The molecule has 1 aromatic carbocycles. The second-order valence-electron chi connectivity index (χ2n) is 6.33. The van der Waals surface area contributed by atoms with Gasteiger partial charge in [0.1, 0.15) is 0 Å². The molecule has 0 aromatic heterocycles. The van der Waals surface area contributed by atoms with Crippen molar-refractivity contribution in [3.63, 3.8) is 0 Å². The molecule has 0 saturated carbocycles. The second-order valence-corrected chi connectivity index (χ2v) is 7.57. The molecule has 1 aromatic rings. The molecule has 0 unspecified atom stereocenters. The molecule has 0 fully saturated rings. The summed E-state index contributed by atoms with van der Waals surface area (Å²) >= 11 is 2.10. The quantitative estimate of drug-likeness (QED) is 0.442. The van der Waals surface area contributed by atoms with Crippen LogP contribution in [-0.4, -0.2) is 25.2 Å². The number of carbonyl (C=O) groups excluding carboxylic acids is 2. The number of ether oxygens (including phenoxy) is 2. The first-order chi connectivity index (χ1) is 10.8. The lowest BCUT2D eigenvalue weighted by Crippen LogP contribution is -2.16. The molecule has 5 heteroatoms. The summed E-state index contributed by atoms with van der Waals surface area (Å²) in [5.74, 6) is -0.0306. The average molecular weight is 432 g/mol. The summed E-state index contributed by atoms with van der Waals surface area (Å²) in [6.45, 7) is 8.97. The highest BCUT2D eigenvalue weighted by Gasteiger charge is 2.20. The van der Waals surface area contributed by atoms with E-state index in [1.54, 1.807) is 18.2 Å². The van der Waals surface area contributed by atoms with Crippen LogP contribution in [0.3, 0.4) is 0 Å². The number of hydrogen-bond acceptors (Lipinski definition) is 4. The molecule has 0 aliphatic rings. The number of halogens is 1. The van der Waals surface area contributed by atoms with Gasteiger partial charge in [-0.25, -0.2) is 9.59 Å². The first-order valence-electron chi connectivity index (χ1n) is 7.95. The zero-order valence-corrected chi connectivity index (χ0v) is 16.4. The lowest BCUT2D eigenvalue weighted by atomic mass is 10.1. The maximum Gasteiger partial charge on any atom is 0.339 e. The molecule has 0 heterocycles. The summed E-state index contributed by atoms with van der Waals surface area (Å²) in [6.07, 6.45) is 1.59. The molecular weight excluding hydrogens is 407 g/mol. The van der Waals surface area contributed by atoms with E-state index in [1.165, 1.54) is 0 Å². The van der Waals surface area contributed by atoms with Gasteiger partial charge in [-0.05, 0) is 65.5 Å². The monoisotopic (exact) mass is 432 g/mol. The van der Waals surface area contributed by atoms with Crippen LogP contribution in [0.2, 0.25) is 0 Å². The lowest BCUT2D eigenvalue weighted by Gasteiger charge is -2.11. The van der Waals surface area contributed by atoms with Gasteiger partial charge in [-0.2, -0.15) is 0 Å². The van der Waals surface area contributed by atoms with Crippen LogP contribution in [0.5, 0.6) is 0 Å². The van der Waals surface area contributed by atoms with E-state index in [2.05, 4.69) is 50.3 Å². The summed E-state index contributed by atoms with van der Waals surface area (Å²) in [5.41, 5.74) is 0.541. The fraction of sp³-hybridized carbons (Fsp3) is 0.556. The highest BCUT2D eigenvalue weighted by molar-refractivity contribution is 14.1. The Hall–Kier alpha value is -1.11. The first kappa shape index (κ1) is 19.9. The van der Waals surface area contributed by atoms with Crippen LogP contribution in [0.15, 0.2) is 18.2 Å². The second kappa shape index (κ2) is 9.90. The van der Waals surface area contributed by atoms with Gasteiger partial charge in [-0.3, -0.25) is 0 Å². The SMILES string of the molecule is CC(C)CCOC(=O)c1ccc(I)cc1C(=O)OCCC(C)C. The number of carbonyl (C=O) groups is 2. The van der Waals surface area contributed by atoms with Crippen molar-refractivity contribution in [3.8, 4) is 0 Å². The molecule has 0 N–H and O–H groups in total. The third kappa shape index (κ3) is 7.33. The van der Waals surface area contributed by atoms with E-state index in [1.807, 2.05) is 0 Å². The van der Waals surface area contributed by atoms with Crippen molar-refractivity contribution in [2.45, 2.75) is 40.5 Å². The third-order valence-electron chi connectivity index (χ3n) is 3.28. The van der Waals surface area contributed by atoms with Crippen LogP contribution in [-0.2, 0) is 9.47 Å². The van der Waals surface area contributed by atoms with E-state index >= 15 is 0 Å². The summed E-state index contributed by atoms with van der Waals surface area (Å²) in [5, 5.41) is 0. The first-order valence-corrected chi connectivity index (χ1v) is 9.03. The van der Waals surface area contributed by atoms with E-state index in [9.17, 15) is 9.59 Å². The van der Waals surface area contributed by atoms with Crippen molar-refractivity contribution in [1.29, 1.82) is 0 Å². The minimum absolute atomic E-state index is 0.267. The Bertz CT molecular complexity index is 538. The van der Waals surface area contributed by atoms with Gasteiger partial charge in [0.25, 0.3) is 0 Å². The van der Waals surface area contributed by atoms with Crippen molar-refractivity contribution in [3.05, 3.63) is 32.9 Å². The molecule has 0 atom stereocenters. The van der Waals surface area contributed by atoms with E-state index in [-0.39, 0.29) is 11.1 Å². The van der Waals surface area contributed by atoms with E-state index in [4.69, 9.17) is 9.47 Å². The molecule has 128 valence electrons. The Balaban J connectivity index is 2.79. The lowest BCUT2D eigenvalue weighted by molar-refractivity contribution is 0.0440. The van der Waals surface area contributed by atoms with Gasteiger partial charge in [0.05, 0.1) is 24.3 Å². The van der Waals surface area contributed by atoms with Crippen LogP contribution < -0.4 is 0 Å². The summed E-state index contributed by atoms with van der Waals surface area (Å²) in [7, 11) is 0. The third-order valence-corrected chi connectivity index (χ3v) is 3.95. The largest absolute Gasteiger partial charge is 0.462 e. The summed E-state index contributed by atoms with van der Waals surface area (Å²) < 4.78 is 11.4. The maximum atomic E-state index is 12.3. The number of rotatable bonds is 8. The van der Waals surface area contributed by atoms with Crippen LogP contribution in [0, 0.1) is 15.4 Å². The molecule has 0 radical (unpaired) electrons. The van der Waals surface area contributed by atoms with Crippen LogP contribution in [0.25, 0.3) is 0 Å². The van der Waals surface area contributed by atoms with Gasteiger partial charge >= 0.3 is 11.9 Å². The molecular formula is C18H25IO4. The van der Waals surface area contributed by atoms with E-state index in [0.29, 0.717) is 25.0 Å². The predicted octanol–water partition coefficient (Wildman–Crippen LogP) is 4.70. The van der Waals surface area contributed by atoms with Gasteiger partial charge in [-0.1, -0.05) is 27.7 Å². The molecule has 0 saturated heterocycles. The van der Waals surface area contributed by atoms with E-state index in [0.717, 1.165) is 16.4 Å². The molecule has 0 amide bonds. The van der Waals surface area contributed by atoms with Crippen LogP contribution >= 0.6 is 22.6 Å². The van der Waals surface area contributed by atoms with Crippen molar-refractivity contribution in [2.24, 2.45) is 11.8 Å². The molecule has 0 spiro atoms. The molecule has 0 aliphatic carbocycles. The Morgan fingerprint density at radius 3 is 1.87 bits per heavy atom. The van der Waals surface area contributed by atoms with E-state index < -0.39 is 11.9 Å². The smallest absolute Gasteiger partial charge is 0.339 e. The number of hydrogen-bond donors (Lipinski definition) is 0. The van der Waals surface area contributed by atoms with Crippen molar-refractivity contribution in [2.75, 3.05) is 13.2 Å². The Morgan fingerprint density at radius 2 is 1.39 bits per heavy atom. The van der Waals surface area contributed by atoms with Crippen molar-refractivity contribution >= 4 is 34.5 Å². The zero-order valence-electron chi connectivity index (χ0n) is 14.2. The highest BCUT2D eigenvalue weighted by atomic mass is 127. The molecule has 0 aliphatic heterocycles. The molecule has 23 heavy (non-hydrogen) atoms. The van der Waals surface area contributed by atoms with Gasteiger partial charge in [0, 0.05) is 3.57 Å². The maximum absolute atomic E-state index is 12.3. The van der Waals surface area contributed by atoms with Gasteiger partial charge in [0.15, 0.2) is 0 Å². The van der Waals surface area contributed by atoms with Gasteiger partial charge < -0.3 is 9.47 Å². The average Bonchev–Trinajstić information content (AvgIpc) is 2.46. The minimum atomic E-state index is -0.474. The molecule has 0 bridgehead atoms. The Labute approximate surface area is 152 Å². The minimum Gasteiger partial charge on any atom is -0.462 e. The van der Waals surface area contributed by atoms with Gasteiger partial charge in [-0.15, -0.1) is 0 Å². The summed E-state index contributed by atoms with van der Waals surface area (Å²) in [6, 6.07) is 5.07. The van der Waals surface area contributed by atoms with Gasteiger partial charge in [0.2, 0.25) is 0 Å². The fourth-order valence-electron chi connectivity index (χ4n) is 1.79. The Morgan fingerprint density at radius 1 is 0.913 bits per heavy atom. The Kier molecular flexibility index (Phi) is 8.58. The zero-order chi connectivity index (χ0) is 17.4. The highest BCUT2D eigenvalue weighted by Crippen LogP contribution is 2.17. The van der Waals surface area contributed by atoms with Crippen LogP contribution in [0.4, 0.5) is 0 Å². The standard InChI is InChI=1S/C18H25IO4/c1-12(2)7-9-22-17(20)15-6-5-14(19)11-16(15)18(21)23-10-8-13(3)4/h5-6,11-13H,7-10H2,1-4H3. The molecule has 4 nitrogen and oxygen atoms in total. The predicted molar refractivity (Wildman–Crippen MR) is 98.6 cm³/mol. The number of esters is 2. The topological polar surface area (TPSA) is 52.6 Å². The normalized spacial score (nSPS) is 10.9. The number of benzene rings is 1. The molecule has 1 rings (SSSR count). The summed E-state index contributed by atoms with van der Waals surface area (Å²) in [4.78, 5) is 24.5.